The van der Waals surface area contributed by atoms with Gasteiger partial charge in [0.2, 0.25) is 0 Å². The van der Waals surface area contributed by atoms with Crippen molar-refractivity contribution in [3.8, 4) is 0 Å². The number of rotatable bonds is 5. The Bertz CT molecular complexity index is 951. The minimum atomic E-state index is -2.31. The number of hydrogen-bond donors (Lipinski definition) is 3. The van der Waals surface area contributed by atoms with Gasteiger partial charge >= 0.3 is 0 Å². The third-order valence-electron chi connectivity index (χ3n) is 7.48. The lowest BCUT2D eigenvalue weighted by molar-refractivity contribution is -0.0590. The van der Waals surface area contributed by atoms with E-state index in [4.69, 9.17) is 10.5 Å². The van der Waals surface area contributed by atoms with Crippen molar-refractivity contribution >= 4 is 16.9 Å². The van der Waals surface area contributed by atoms with Gasteiger partial charge in [-0.05, 0) is 38.3 Å². The van der Waals surface area contributed by atoms with E-state index >= 15 is 0 Å². The monoisotopic (exact) mass is 452 g/mol. The fourth-order valence-electron chi connectivity index (χ4n) is 5.72. The van der Waals surface area contributed by atoms with E-state index in [1.165, 1.54) is 6.33 Å². The minimum absolute atomic E-state index is 0.0490. The van der Waals surface area contributed by atoms with E-state index in [0.717, 1.165) is 32.2 Å². The Morgan fingerprint density at radius 3 is 2.69 bits per heavy atom. The molecular formula is C21H30F2N6O3. The van der Waals surface area contributed by atoms with Crippen LogP contribution in [0.15, 0.2) is 18.6 Å². The van der Waals surface area contributed by atoms with E-state index in [2.05, 4.69) is 14.9 Å². The second kappa shape index (κ2) is 8.45. The second-order valence-electron chi connectivity index (χ2n) is 9.23. The smallest absolute Gasteiger partial charge is 0.251 e. The number of halogens is 2. The predicted molar refractivity (Wildman–Crippen MR) is 113 cm³/mol. The molecule has 2 aromatic rings. The number of aromatic nitrogens is 3. The van der Waals surface area contributed by atoms with Gasteiger partial charge in [-0.1, -0.05) is 0 Å². The van der Waals surface area contributed by atoms with Crippen molar-refractivity contribution in [1.82, 2.24) is 24.3 Å². The third-order valence-corrected chi connectivity index (χ3v) is 7.48. The number of aliphatic hydroxyl groups excluding tert-OH is 2. The zero-order chi connectivity index (χ0) is 22.5. The first kappa shape index (κ1) is 21.9. The first-order valence-electron chi connectivity index (χ1n) is 11.2. The first-order valence-corrected chi connectivity index (χ1v) is 11.2. The first-order chi connectivity index (χ1) is 15.4. The number of nitrogen functional groups attached to an aromatic ring is 1. The number of hydrogen-bond acceptors (Lipinski definition) is 8. The standard InChI is InChI=1S/C21H30F2N6O3/c22-15(23)11-27-8-4-21(5-9-27)3-1-6-28(21)10-14-16(30)17(31)20(32-14)29-7-2-13-18(24)25-12-26-19(13)29/h2,7,12,14-17,20,30-31H,1,3-6,8-11H2,(H2,24,25,26)/t14-,16-,17-,20-/m1/s1. The molecule has 0 saturated carbocycles. The van der Waals surface area contributed by atoms with Crippen LogP contribution < -0.4 is 5.73 Å². The summed E-state index contributed by atoms with van der Waals surface area (Å²) in [7, 11) is 0. The highest BCUT2D eigenvalue weighted by Crippen LogP contribution is 2.40. The van der Waals surface area contributed by atoms with E-state index in [0.29, 0.717) is 36.5 Å². The third kappa shape index (κ3) is 3.75. The molecule has 0 radical (unpaired) electrons. The molecule has 5 rings (SSSR count). The Balaban J connectivity index is 1.29. The van der Waals surface area contributed by atoms with Crippen LogP contribution in [0.4, 0.5) is 14.6 Å². The molecule has 1 spiro atoms. The fraction of sp³-hybridized carbons (Fsp3) is 0.714. The van der Waals surface area contributed by atoms with Crippen LogP contribution in [0, 0.1) is 0 Å². The Kier molecular flexibility index (Phi) is 5.79. The van der Waals surface area contributed by atoms with Crippen molar-refractivity contribution in [3.05, 3.63) is 18.6 Å². The number of aliphatic hydroxyl groups is 2. The van der Waals surface area contributed by atoms with Crippen molar-refractivity contribution in [2.75, 3.05) is 38.5 Å². The number of ether oxygens (including phenoxy) is 1. The van der Waals surface area contributed by atoms with Crippen LogP contribution in [0.1, 0.15) is 31.9 Å². The summed E-state index contributed by atoms with van der Waals surface area (Å²) >= 11 is 0. The van der Waals surface area contributed by atoms with Gasteiger partial charge < -0.3 is 25.3 Å². The lowest BCUT2D eigenvalue weighted by Crippen LogP contribution is -2.55. The van der Waals surface area contributed by atoms with Crippen molar-refractivity contribution in [2.45, 2.75) is 62.2 Å². The lowest BCUT2D eigenvalue weighted by atomic mass is 9.84. The van der Waals surface area contributed by atoms with Gasteiger partial charge in [0.1, 0.15) is 36.1 Å². The molecule has 5 heterocycles. The highest BCUT2D eigenvalue weighted by atomic mass is 19.3. The molecule has 11 heteroatoms. The van der Waals surface area contributed by atoms with Gasteiger partial charge in [-0.2, -0.15) is 0 Å². The van der Waals surface area contributed by atoms with Crippen molar-refractivity contribution < 1.29 is 23.7 Å². The van der Waals surface area contributed by atoms with Gasteiger partial charge in [-0.15, -0.1) is 0 Å². The molecule has 0 aromatic carbocycles. The number of nitrogens with two attached hydrogens (primary N) is 1. The van der Waals surface area contributed by atoms with Crippen LogP contribution in [0.3, 0.4) is 0 Å². The van der Waals surface area contributed by atoms with Crippen LogP contribution in [0.25, 0.3) is 11.0 Å². The Hall–Kier alpha value is -1.92. The Labute approximate surface area is 184 Å². The molecular weight excluding hydrogens is 422 g/mol. The summed E-state index contributed by atoms with van der Waals surface area (Å²) < 4.78 is 33.3. The number of piperidine rings is 1. The molecule has 0 unspecified atom stereocenters. The van der Waals surface area contributed by atoms with Crippen LogP contribution in [-0.2, 0) is 4.74 Å². The van der Waals surface area contributed by atoms with Gasteiger partial charge in [-0.25, -0.2) is 18.7 Å². The predicted octanol–water partition coefficient (Wildman–Crippen LogP) is 0.828. The van der Waals surface area contributed by atoms with Crippen molar-refractivity contribution in [3.63, 3.8) is 0 Å². The number of nitrogens with zero attached hydrogens (tertiary/aromatic N) is 5. The number of anilines is 1. The molecule has 3 aliphatic rings. The van der Waals surface area contributed by atoms with E-state index in [1.54, 1.807) is 16.8 Å². The Morgan fingerprint density at radius 1 is 1.16 bits per heavy atom. The molecule has 4 atom stereocenters. The van der Waals surface area contributed by atoms with Crippen LogP contribution in [0.5, 0.6) is 0 Å². The maximum absolute atomic E-state index is 12.8. The molecule has 3 fully saturated rings. The van der Waals surface area contributed by atoms with Gasteiger partial charge in [0.25, 0.3) is 6.43 Å². The molecule has 0 aliphatic carbocycles. The molecule has 3 aliphatic heterocycles. The largest absolute Gasteiger partial charge is 0.387 e. The Morgan fingerprint density at radius 2 is 1.94 bits per heavy atom. The maximum atomic E-state index is 12.8. The lowest BCUT2D eigenvalue weighted by Gasteiger charge is -2.46. The summed E-state index contributed by atoms with van der Waals surface area (Å²) in [4.78, 5) is 12.4. The summed E-state index contributed by atoms with van der Waals surface area (Å²) in [6.07, 6.45) is 0.965. The summed E-state index contributed by atoms with van der Waals surface area (Å²) in [5.41, 5.74) is 6.40. The molecule has 9 nitrogen and oxygen atoms in total. The molecule has 3 saturated heterocycles. The average Bonchev–Trinajstić information content (AvgIpc) is 3.43. The van der Waals surface area contributed by atoms with Gasteiger partial charge in [0.15, 0.2) is 6.23 Å². The normalized spacial score (nSPS) is 31.4. The molecule has 176 valence electrons. The van der Waals surface area contributed by atoms with Crippen molar-refractivity contribution in [2.24, 2.45) is 0 Å². The number of likely N-dealkylation sites (tertiary alicyclic amines) is 2. The molecule has 0 bridgehead atoms. The van der Waals surface area contributed by atoms with Crippen LogP contribution >= 0.6 is 0 Å². The molecule has 32 heavy (non-hydrogen) atoms. The molecule has 4 N–H and O–H groups in total. The van der Waals surface area contributed by atoms with Gasteiger partial charge in [-0.3, -0.25) is 9.80 Å². The summed E-state index contributed by atoms with van der Waals surface area (Å²) in [5, 5.41) is 22.2. The van der Waals surface area contributed by atoms with E-state index in [9.17, 15) is 19.0 Å². The highest BCUT2D eigenvalue weighted by molar-refractivity contribution is 5.86. The number of alkyl halides is 2. The zero-order valence-electron chi connectivity index (χ0n) is 17.9. The second-order valence-corrected chi connectivity index (χ2v) is 9.23. The average molecular weight is 453 g/mol. The SMILES string of the molecule is Nc1ncnc2c1ccn2[C@@H]1O[C@H](CN2CCCC23CCN(CC(F)F)CC3)[C@@H](O)[C@H]1O. The minimum Gasteiger partial charge on any atom is -0.387 e. The summed E-state index contributed by atoms with van der Waals surface area (Å²) in [6.45, 7) is 2.49. The number of fused-ring (bicyclic) bond motifs is 1. The topological polar surface area (TPSA) is 113 Å². The van der Waals surface area contributed by atoms with E-state index in [1.807, 2.05) is 4.90 Å². The van der Waals surface area contributed by atoms with Crippen LogP contribution in [0.2, 0.25) is 0 Å². The van der Waals surface area contributed by atoms with Gasteiger partial charge in [0.05, 0.1) is 11.9 Å². The quantitative estimate of drug-likeness (QED) is 0.612. The summed E-state index contributed by atoms with van der Waals surface area (Å²) in [5.74, 6) is 0.343. The van der Waals surface area contributed by atoms with Crippen LogP contribution in [-0.4, -0.2) is 97.5 Å². The van der Waals surface area contributed by atoms with Gasteiger partial charge in [0, 0.05) is 31.4 Å². The molecule has 0 amide bonds. The zero-order valence-corrected chi connectivity index (χ0v) is 17.9. The molecule has 2 aromatic heterocycles. The highest BCUT2D eigenvalue weighted by Gasteiger charge is 2.49. The van der Waals surface area contributed by atoms with Crippen molar-refractivity contribution in [1.29, 1.82) is 0 Å². The fourth-order valence-corrected chi connectivity index (χ4v) is 5.72. The summed E-state index contributed by atoms with van der Waals surface area (Å²) in [6, 6.07) is 1.77. The van der Waals surface area contributed by atoms with E-state index < -0.39 is 31.0 Å². The van der Waals surface area contributed by atoms with E-state index in [-0.39, 0.29) is 12.1 Å². The maximum Gasteiger partial charge on any atom is 0.251 e.